The SMILES string of the molecule is Cc1ccc(CCNC(=O)CC(C)C2CCCNC2)cc1. The van der Waals surface area contributed by atoms with Crippen LogP contribution in [-0.2, 0) is 11.2 Å². The van der Waals surface area contributed by atoms with Crippen molar-refractivity contribution in [2.75, 3.05) is 19.6 Å². The Bertz CT molecular complexity index is 435. The van der Waals surface area contributed by atoms with Gasteiger partial charge in [-0.25, -0.2) is 0 Å². The number of carbonyl (C=O) groups excluding carboxylic acids is 1. The molecule has 3 nitrogen and oxygen atoms in total. The quantitative estimate of drug-likeness (QED) is 0.845. The fraction of sp³-hybridized carbons (Fsp3) is 0.611. The van der Waals surface area contributed by atoms with Crippen molar-refractivity contribution >= 4 is 5.91 Å². The molecule has 0 radical (unpaired) electrons. The van der Waals surface area contributed by atoms with Crippen molar-refractivity contribution in [2.24, 2.45) is 11.8 Å². The second-order valence-corrected chi connectivity index (χ2v) is 6.37. The van der Waals surface area contributed by atoms with Gasteiger partial charge in [-0.15, -0.1) is 0 Å². The van der Waals surface area contributed by atoms with Crippen LogP contribution in [0.3, 0.4) is 0 Å². The van der Waals surface area contributed by atoms with E-state index < -0.39 is 0 Å². The lowest BCUT2D eigenvalue weighted by Gasteiger charge is -2.28. The highest BCUT2D eigenvalue weighted by atomic mass is 16.1. The summed E-state index contributed by atoms with van der Waals surface area (Å²) in [6, 6.07) is 8.51. The summed E-state index contributed by atoms with van der Waals surface area (Å²) in [4.78, 5) is 12.0. The number of rotatable bonds is 6. The molecule has 2 rings (SSSR count). The van der Waals surface area contributed by atoms with Crippen molar-refractivity contribution in [3.8, 4) is 0 Å². The lowest BCUT2D eigenvalue weighted by atomic mass is 9.85. The lowest BCUT2D eigenvalue weighted by Crippen LogP contribution is -2.36. The zero-order valence-corrected chi connectivity index (χ0v) is 13.3. The number of hydrogen-bond donors (Lipinski definition) is 2. The van der Waals surface area contributed by atoms with Gasteiger partial charge in [0, 0.05) is 13.0 Å². The van der Waals surface area contributed by atoms with Crippen molar-refractivity contribution in [3.63, 3.8) is 0 Å². The third-order valence-electron chi connectivity index (χ3n) is 4.50. The van der Waals surface area contributed by atoms with Crippen molar-refractivity contribution in [1.82, 2.24) is 10.6 Å². The summed E-state index contributed by atoms with van der Waals surface area (Å²) in [6.45, 7) is 7.23. The van der Waals surface area contributed by atoms with Gasteiger partial charge in [0.1, 0.15) is 0 Å². The number of benzene rings is 1. The van der Waals surface area contributed by atoms with Gasteiger partial charge in [0.05, 0.1) is 0 Å². The van der Waals surface area contributed by atoms with Gasteiger partial charge < -0.3 is 10.6 Å². The fourth-order valence-corrected chi connectivity index (χ4v) is 3.00. The molecule has 1 heterocycles. The number of nitrogens with one attached hydrogen (secondary N) is 2. The van der Waals surface area contributed by atoms with E-state index >= 15 is 0 Å². The van der Waals surface area contributed by atoms with Crippen LogP contribution in [0.2, 0.25) is 0 Å². The standard InChI is InChI=1S/C18H28N2O/c1-14-5-7-16(8-6-14)9-11-20-18(21)12-15(2)17-4-3-10-19-13-17/h5-8,15,17,19H,3-4,9-13H2,1-2H3,(H,20,21). The second-order valence-electron chi connectivity index (χ2n) is 6.37. The zero-order chi connectivity index (χ0) is 15.1. The first kappa shape index (κ1) is 16.0. The minimum atomic E-state index is 0.195. The largest absolute Gasteiger partial charge is 0.356 e. The summed E-state index contributed by atoms with van der Waals surface area (Å²) in [5, 5.41) is 6.48. The van der Waals surface area contributed by atoms with Gasteiger partial charge in [0.25, 0.3) is 0 Å². The third-order valence-corrected chi connectivity index (χ3v) is 4.50. The van der Waals surface area contributed by atoms with Gasteiger partial charge in [-0.05, 0) is 56.7 Å². The van der Waals surface area contributed by atoms with Crippen LogP contribution in [0, 0.1) is 18.8 Å². The van der Waals surface area contributed by atoms with Crippen LogP contribution in [0.5, 0.6) is 0 Å². The molecule has 21 heavy (non-hydrogen) atoms. The highest BCUT2D eigenvalue weighted by Crippen LogP contribution is 2.22. The summed E-state index contributed by atoms with van der Waals surface area (Å²) in [5.41, 5.74) is 2.56. The van der Waals surface area contributed by atoms with Gasteiger partial charge in [-0.3, -0.25) is 4.79 Å². The van der Waals surface area contributed by atoms with E-state index in [1.807, 2.05) is 0 Å². The molecule has 1 aromatic carbocycles. The lowest BCUT2D eigenvalue weighted by molar-refractivity contribution is -0.122. The van der Waals surface area contributed by atoms with E-state index in [0.29, 0.717) is 18.3 Å². The average molecular weight is 288 g/mol. The molecule has 0 aromatic heterocycles. The topological polar surface area (TPSA) is 41.1 Å². The minimum absolute atomic E-state index is 0.195. The molecule has 1 aliphatic rings. The molecule has 1 aliphatic heterocycles. The van der Waals surface area contributed by atoms with Crippen LogP contribution < -0.4 is 10.6 Å². The first-order valence-corrected chi connectivity index (χ1v) is 8.18. The Balaban J connectivity index is 1.65. The normalized spacial score (nSPS) is 20.0. The molecule has 2 atom stereocenters. The Morgan fingerprint density at radius 2 is 2.14 bits per heavy atom. The fourth-order valence-electron chi connectivity index (χ4n) is 3.00. The monoisotopic (exact) mass is 288 g/mol. The Kier molecular flexibility index (Phi) is 6.24. The maximum Gasteiger partial charge on any atom is 0.220 e. The van der Waals surface area contributed by atoms with Crippen LogP contribution in [0.4, 0.5) is 0 Å². The molecule has 2 N–H and O–H groups in total. The smallest absolute Gasteiger partial charge is 0.220 e. The highest BCUT2D eigenvalue weighted by molar-refractivity contribution is 5.76. The van der Waals surface area contributed by atoms with Crippen LogP contribution in [0.25, 0.3) is 0 Å². The van der Waals surface area contributed by atoms with E-state index in [4.69, 9.17) is 0 Å². The molecule has 2 unspecified atom stereocenters. The molecule has 1 saturated heterocycles. The van der Waals surface area contributed by atoms with Crippen molar-refractivity contribution in [1.29, 1.82) is 0 Å². The van der Waals surface area contributed by atoms with E-state index in [0.717, 1.165) is 26.1 Å². The predicted molar refractivity (Wildman–Crippen MR) is 87.3 cm³/mol. The first-order valence-electron chi connectivity index (χ1n) is 8.18. The molecule has 1 fully saturated rings. The number of aryl methyl sites for hydroxylation is 1. The highest BCUT2D eigenvalue weighted by Gasteiger charge is 2.21. The number of carbonyl (C=O) groups is 1. The Hall–Kier alpha value is -1.35. The van der Waals surface area contributed by atoms with Crippen molar-refractivity contribution in [3.05, 3.63) is 35.4 Å². The third kappa shape index (κ3) is 5.50. The van der Waals surface area contributed by atoms with Gasteiger partial charge in [0.15, 0.2) is 0 Å². The molecule has 1 amide bonds. The van der Waals surface area contributed by atoms with Gasteiger partial charge in [0.2, 0.25) is 5.91 Å². The number of piperidine rings is 1. The number of amides is 1. The minimum Gasteiger partial charge on any atom is -0.356 e. The molecular formula is C18H28N2O. The van der Waals surface area contributed by atoms with Gasteiger partial charge in [-0.1, -0.05) is 36.8 Å². The summed E-state index contributed by atoms with van der Waals surface area (Å²) in [6.07, 6.45) is 4.06. The van der Waals surface area contributed by atoms with Gasteiger partial charge in [-0.2, -0.15) is 0 Å². The van der Waals surface area contributed by atoms with E-state index in [9.17, 15) is 4.79 Å². The molecule has 116 valence electrons. The Labute approximate surface area is 128 Å². The molecule has 0 spiro atoms. The van der Waals surface area contributed by atoms with Gasteiger partial charge >= 0.3 is 0 Å². The molecule has 3 heteroatoms. The molecule has 0 bridgehead atoms. The summed E-state index contributed by atoms with van der Waals surface area (Å²) in [7, 11) is 0. The molecule has 0 aliphatic carbocycles. The van der Waals surface area contributed by atoms with Crippen LogP contribution in [0.15, 0.2) is 24.3 Å². The van der Waals surface area contributed by atoms with E-state index in [-0.39, 0.29) is 5.91 Å². The van der Waals surface area contributed by atoms with Crippen LogP contribution >= 0.6 is 0 Å². The Morgan fingerprint density at radius 3 is 2.81 bits per heavy atom. The number of hydrogen-bond acceptors (Lipinski definition) is 2. The summed E-state index contributed by atoms with van der Waals surface area (Å²) in [5.74, 6) is 1.32. The van der Waals surface area contributed by atoms with Crippen LogP contribution in [0.1, 0.15) is 37.3 Å². The Morgan fingerprint density at radius 1 is 1.38 bits per heavy atom. The molecule has 1 aromatic rings. The molecule has 0 saturated carbocycles. The zero-order valence-electron chi connectivity index (χ0n) is 13.3. The first-order chi connectivity index (χ1) is 10.1. The van der Waals surface area contributed by atoms with E-state index in [1.54, 1.807) is 0 Å². The van der Waals surface area contributed by atoms with E-state index in [2.05, 4.69) is 48.7 Å². The maximum atomic E-state index is 12.0. The molecular weight excluding hydrogens is 260 g/mol. The summed E-state index contributed by atoms with van der Waals surface area (Å²) >= 11 is 0. The second kappa shape index (κ2) is 8.18. The predicted octanol–water partition coefficient (Wildman–Crippen LogP) is 2.68. The average Bonchev–Trinajstić information content (AvgIpc) is 2.50. The van der Waals surface area contributed by atoms with Crippen LogP contribution in [-0.4, -0.2) is 25.5 Å². The summed E-state index contributed by atoms with van der Waals surface area (Å²) < 4.78 is 0. The van der Waals surface area contributed by atoms with Crippen molar-refractivity contribution in [2.45, 2.75) is 39.5 Å². The van der Waals surface area contributed by atoms with Crippen molar-refractivity contribution < 1.29 is 4.79 Å². The maximum absolute atomic E-state index is 12.0. The van der Waals surface area contributed by atoms with E-state index in [1.165, 1.54) is 24.0 Å².